The number of methoxy groups -OCH3 is 1. The van der Waals surface area contributed by atoms with Crippen molar-refractivity contribution in [3.63, 3.8) is 0 Å². The van der Waals surface area contributed by atoms with Gasteiger partial charge in [-0.3, -0.25) is 0 Å². The van der Waals surface area contributed by atoms with Crippen LogP contribution in [0.5, 0.6) is 5.75 Å². The summed E-state index contributed by atoms with van der Waals surface area (Å²) in [6.07, 6.45) is 0. The number of nitrogens with one attached hydrogen (secondary N) is 1. The Morgan fingerprint density at radius 3 is 2.38 bits per heavy atom. The second kappa shape index (κ2) is 8.18. The van der Waals surface area contributed by atoms with Crippen molar-refractivity contribution in [2.75, 3.05) is 20.3 Å². The lowest BCUT2D eigenvalue weighted by Crippen LogP contribution is -2.24. The fourth-order valence-corrected chi connectivity index (χ4v) is 2.97. The van der Waals surface area contributed by atoms with Crippen LogP contribution in [-0.2, 0) is 21.3 Å². The molecule has 5 nitrogen and oxygen atoms in total. The van der Waals surface area contributed by atoms with Gasteiger partial charge >= 0.3 is 0 Å². The summed E-state index contributed by atoms with van der Waals surface area (Å²) < 4.78 is 63.1. The van der Waals surface area contributed by atoms with Crippen LogP contribution >= 0.6 is 0 Å². The largest absolute Gasteiger partial charge is 0.491 e. The molecule has 1 N–H and O–H groups in total. The minimum absolute atomic E-state index is 0.0303. The third-order valence-electron chi connectivity index (χ3n) is 3.13. The molecule has 0 unspecified atom stereocenters. The lowest BCUT2D eigenvalue weighted by Gasteiger charge is -2.09. The van der Waals surface area contributed by atoms with E-state index in [4.69, 9.17) is 9.47 Å². The Morgan fingerprint density at radius 2 is 1.75 bits per heavy atom. The summed E-state index contributed by atoms with van der Waals surface area (Å²) >= 11 is 0. The lowest BCUT2D eigenvalue weighted by molar-refractivity contribution is 0.146. The Bertz CT molecular complexity index is 779. The zero-order valence-corrected chi connectivity index (χ0v) is 13.8. The molecule has 0 spiro atoms. The Kier molecular flexibility index (Phi) is 6.24. The van der Waals surface area contributed by atoms with Crippen LogP contribution in [0.25, 0.3) is 0 Å². The third-order valence-corrected chi connectivity index (χ3v) is 4.56. The van der Waals surface area contributed by atoms with Gasteiger partial charge in [-0.25, -0.2) is 21.9 Å². The fourth-order valence-electron chi connectivity index (χ4n) is 1.90. The van der Waals surface area contributed by atoms with Gasteiger partial charge < -0.3 is 9.47 Å². The molecular formula is C16H17F2NO4S. The van der Waals surface area contributed by atoms with Crippen molar-refractivity contribution < 1.29 is 26.7 Å². The predicted octanol–water partition coefficient (Wildman–Crippen LogP) is 2.47. The maximum Gasteiger partial charge on any atom is 0.243 e. The maximum atomic E-state index is 13.6. The highest BCUT2D eigenvalue weighted by Crippen LogP contribution is 2.17. The average molecular weight is 357 g/mol. The normalized spacial score (nSPS) is 11.5. The molecule has 0 saturated carbocycles. The number of ether oxygens (including phenoxy) is 2. The number of hydrogen-bond donors (Lipinski definition) is 1. The monoisotopic (exact) mass is 357 g/mol. The molecule has 130 valence electrons. The van der Waals surface area contributed by atoms with E-state index in [1.807, 2.05) is 0 Å². The highest BCUT2D eigenvalue weighted by atomic mass is 32.2. The average Bonchev–Trinajstić information content (AvgIpc) is 2.54. The fraction of sp³-hybridized carbons (Fsp3) is 0.250. The van der Waals surface area contributed by atoms with Crippen LogP contribution in [0.1, 0.15) is 5.56 Å². The molecule has 0 aliphatic rings. The molecule has 2 aromatic rings. The van der Waals surface area contributed by atoms with E-state index in [0.29, 0.717) is 30.6 Å². The maximum absolute atomic E-state index is 13.6. The van der Waals surface area contributed by atoms with Gasteiger partial charge in [0.25, 0.3) is 0 Å². The van der Waals surface area contributed by atoms with E-state index < -0.39 is 26.6 Å². The van der Waals surface area contributed by atoms with Crippen molar-refractivity contribution in [3.05, 3.63) is 59.7 Å². The van der Waals surface area contributed by atoms with Gasteiger partial charge in [0.1, 0.15) is 28.9 Å². The van der Waals surface area contributed by atoms with Crippen molar-refractivity contribution in [1.82, 2.24) is 4.72 Å². The van der Waals surface area contributed by atoms with E-state index in [0.717, 1.165) is 12.1 Å². The van der Waals surface area contributed by atoms with Gasteiger partial charge in [0, 0.05) is 19.7 Å². The first-order chi connectivity index (χ1) is 11.4. The van der Waals surface area contributed by atoms with Crippen molar-refractivity contribution in [2.24, 2.45) is 0 Å². The second-order valence-corrected chi connectivity index (χ2v) is 6.62. The molecule has 0 heterocycles. The van der Waals surface area contributed by atoms with Crippen LogP contribution < -0.4 is 9.46 Å². The molecule has 0 amide bonds. The van der Waals surface area contributed by atoms with Gasteiger partial charge in [-0.2, -0.15) is 0 Å². The Balaban J connectivity index is 1.99. The summed E-state index contributed by atoms with van der Waals surface area (Å²) in [5.74, 6) is -1.34. The van der Waals surface area contributed by atoms with Gasteiger partial charge in [0.2, 0.25) is 10.0 Å². The zero-order valence-electron chi connectivity index (χ0n) is 13.0. The van der Waals surface area contributed by atoms with Gasteiger partial charge in [0.15, 0.2) is 0 Å². The summed E-state index contributed by atoms with van der Waals surface area (Å²) in [5, 5.41) is 0. The zero-order chi connectivity index (χ0) is 17.6. The first kappa shape index (κ1) is 18.3. The summed E-state index contributed by atoms with van der Waals surface area (Å²) in [6, 6.07) is 9.07. The summed E-state index contributed by atoms with van der Waals surface area (Å²) in [7, 11) is -2.50. The minimum Gasteiger partial charge on any atom is -0.491 e. The number of sulfonamides is 1. The van der Waals surface area contributed by atoms with E-state index in [-0.39, 0.29) is 6.54 Å². The first-order valence-electron chi connectivity index (χ1n) is 7.08. The highest BCUT2D eigenvalue weighted by molar-refractivity contribution is 7.89. The van der Waals surface area contributed by atoms with Gasteiger partial charge in [-0.1, -0.05) is 12.1 Å². The number of rotatable bonds is 8. The minimum atomic E-state index is -4.07. The molecular weight excluding hydrogens is 340 g/mol. The van der Waals surface area contributed by atoms with Gasteiger partial charge in [-0.15, -0.1) is 0 Å². The highest BCUT2D eigenvalue weighted by Gasteiger charge is 2.19. The second-order valence-electron chi connectivity index (χ2n) is 4.88. The van der Waals surface area contributed by atoms with E-state index in [1.54, 1.807) is 31.4 Å². The van der Waals surface area contributed by atoms with E-state index in [9.17, 15) is 17.2 Å². The number of halogens is 2. The molecule has 0 bridgehead atoms. The van der Waals surface area contributed by atoms with Crippen LogP contribution in [0, 0.1) is 11.6 Å². The van der Waals surface area contributed by atoms with Crippen LogP contribution in [0.15, 0.2) is 47.4 Å². The summed E-state index contributed by atoms with van der Waals surface area (Å²) in [5.41, 5.74) is 0.667. The topological polar surface area (TPSA) is 64.6 Å². The molecule has 0 radical (unpaired) electrons. The molecule has 24 heavy (non-hydrogen) atoms. The van der Waals surface area contributed by atoms with E-state index in [2.05, 4.69) is 4.72 Å². The standard InChI is InChI=1S/C16H17F2NO4S/c1-22-8-9-23-14-5-2-12(3-6-14)11-19-24(20,21)16-7-4-13(17)10-15(16)18/h2-7,10,19H,8-9,11H2,1H3. The van der Waals surface area contributed by atoms with Crippen molar-refractivity contribution in [2.45, 2.75) is 11.4 Å². The number of hydrogen-bond acceptors (Lipinski definition) is 4. The molecule has 2 aromatic carbocycles. The van der Waals surface area contributed by atoms with Crippen molar-refractivity contribution in [3.8, 4) is 5.75 Å². The quantitative estimate of drug-likeness (QED) is 0.737. The van der Waals surface area contributed by atoms with E-state index >= 15 is 0 Å². The first-order valence-corrected chi connectivity index (χ1v) is 8.56. The van der Waals surface area contributed by atoms with Gasteiger partial charge in [0.05, 0.1) is 6.61 Å². The molecule has 0 saturated heterocycles. The number of benzene rings is 2. The molecule has 0 aromatic heterocycles. The molecule has 8 heteroatoms. The SMILES string of the molecule is COCCOc1ccc(CNS(=O)(=O)c2ccc(F)cc2F)cc1. The van der Waals surface area contributed by atoms with Crippen molar-refractivity contribution >= 4 is 10.0 Å². The van der Waals surface area contributed by atoms with Gasteiger partial charge in [-0.05, 0) is 29.8 Å². The lowest BCUT2D eigenvalue weighted by atomic mass is 10.2. The third kappa shape index (κ3) is 4.98. The smallest absolute Gasteiger partial charge is 0.243 e. The summed E-state index contributed by atoms with van der Waals surface area (Å²) in [4.78, 5) is -0.594. The van der Waals surface area contributed by atoms with Crippen LogP contribution in [0.3, 0.4) is 0 Å². The summed E-state index contributed by atoms with van der Waals surface area (Å²) in [6.45, 7) is 0.842. The Morgan fingerprint density at radius 1 is 1.04 bits per heavy atom. The predicted molar refractivity (Wildman–Crippen MR) is 84.2 cm³/mol. The van der Waals surface area contributed by atoms with Crippen LogP contribution in [0.4, 0.5) is 8.78 Å². The molecule has 0 aliphatic carbocycles. The molecule has 0 fully saturated rings. The van der Waals surface area contributed by atoms with Crippen LogP contribution in [0.2, 0.25) is 0 Å². The van der Waals surface area contributed by atoms with Crippen molar-refractivity contribution in [1.29, 1.82) is 0 Å². The molecule has 0 aliphatic heterocycles. The Labute approximate surface area is 139 Å². The van der Waals surface area contributed by atoms with Crippen LogP contribution in [-0.4, -0.2) is 28.7 Å². The molecule has 2 rings (SSSR count). The van der Waals surface area contributed by atoms with E-state index in [1.165, 1.54) is 0 Å². The Hall–Kier alpha value is -2.03. The molecule has 0 atom stereocenters.